The van der Waals surface area contributed by atoms with Crippen molar-refractivity contribution in [1.29, 1.82) is 0 Å². The van der Waals surface area contributed by atoms with Gasteiger partial charge in [0, 0.05) is 18.7 Å². The Morgan fingerprint density at radius 1 is 1.72 bits per heavy atom. The molecule has 6 nitrogen and oxygen atoms in total. The lowest BCUT2D eigenvalue weighted by molar-refractivity contribution is -0.385. The molecule has 2 rings (SSSR count). The van der Waals surface area contributed by atoms with E-state index < -0.39 is 4.92 Å². The van der Waals surface area contributed by atoms with Gasteiger partial charge in [-0.1, -0.05) is 0 Å². The summed E-state index contributed by atoms with van der Waals surface area (Å²) in [6, 6.07) is 1.97. The zero-order valence-electron chi connectivity index (χ0n) is 10.1. The number of hydrogen-bond acceptors (Lipinski definition) is 5. The summed E-state index contributed by atoms with van der Waals surface area (Å²) < 4.78 is 0.623. The van der Waals surface area contributed by atoms with Crippen LogP contribution in [0.25, 0.3) is 0 Å². The molecule has 0 aliphatic carbocycles. The first-order valence-corrected chi connectivity index (χ1v) is 6.61. The van der Waals surface area contributed by atoms with Crippen LogP contribution in [0.4, 0.5) is 11.5 Å². The van der Waals surface area contributed by atoms with Crippen molar-refractivity contribution >= 4 is 27.4 Å². The second kappa shape index (κ2) is 5.62. The highest BCUT2D eigenvalue weighted by Crippen LogP contribution is 2.25. The maximum atomic E-state index is 10.6. The minimum Gasteiger partial charge on any atom is -0.368 e. The van der Waals surface area contributed by atoms with Gasteiger partial charge >= 0.3 is 0 Å². The molecule has 0 radical (unpaired) electrons. The highest BCUT2D eigenvalue weighted by Gasteiger charge is 2.21. The maximum Gasteiger partial charge on any atom is 0.288 e. The van der Waals surface area contributed by atoms with Crippen LogP contribution in [0.15, 0.2) is 16.7 Å². The topological polar surface area (TPSA) is 71.3 Å². The molecule has 98 valence electrons. The van der Waals surface area contributed by atoms with Crippen molar-refractivity contribution in [3.63, 3.8) is 0 Å². The zero-order chi connectivity index (χ0) is 13.1. The molecule has 1 unspecified atom stereocenters. The first kappa shape index (κ1) is 13.2. The molecule has 0 saturated carbocycles. The van der Waals surface area contributed by atoms with Crippen LogP contribution >= 0.6 is 15.9 Å². The van der Waals surface area contributed by atoms with Crippen molar-refractivity contribution < 1.29 is 4.92 Å². The third-order valence-corrected chi connectivity index (χ3v) is 3.82. The van der Waals surface area contributed by atoms with E-state index in [0.29, 0.717) is 16.3 Å². The third-order valence-electron chi connectivity index (χ3n) is 3.21. The molecule has 0 aromatic carbocycles. The van der Waals surface area contributed by atoms with Gasteiger partial charge in [-0.25, -0.2) is 4.98 Å². The number of anilines is 1. The standard InChI is InChI=1S/C11H15BrN4O2/c1-15-4-2-3-8(15)6-13-11-10(12)5-9(7-14-11)16(17)18/h5,7-8H,2-4,6H2,1H3,(H,13,14). The fraction of sp³-hybridized carbons (Fsp3) is 0.545. The third kappa shape index (κ3) is 2.97. The number of nitro groups is 1. The van der Waals surface area contributed by atoms with Crippen LogP contribution in [0.3, 0.4) is 0 Å². The van der Waals surface area contributed by atoms with Crippen LogP contribution in [0, 0.1) is 10.1 Å². The average Bonchev–Trinajstić information content (AvgIpc) is 2.73. The van der Waals surface area contributed by atoms with E-state index in [9.17, 15) is 10.1 Å². The van der Waals surface area contributed by atoms with Crippen molar-refractivity contribution in [3.8, 4) is 0 Å². The Labute approximate surface area is 114 Å². The number of aromatic nitrogens is 1. The average molecular weight is 315 g/mol. The van der Waals surface area contributed by atoms with Gasteiger partial charge in [0.15, 0.2) is 0 Å². The van der Waals surface area contributed by atoms with Gasteiger partial charge in [0.2, 0.25) is 0 Å². The minimum atomic E-state index is -0.452. The SMILES string of the molecule is CN1CCCC1CNc1ncc([N+](=O)[O-])cc1Br. The lowest BCUT2D eigenvalue weighted by Gasteiger charge is -2.20. The van der Waals surface area contributed by atoms with Gasteiger partial charge in [-0.3, -0.25) is 10.1 Å². The molecule has 1 aliphatic rings. The van der Waals surface area contributed by atoms with Crippen LogP contribution in [-0.4, -0.2) is 41.0 Å². The number of hydrogen-bond donors (Lipinski definition) is 1. The Balaban J connectivity index is 1.99. The summed E-state index contributed by atoms with van der Waals surface area (Å²) in [4.78, 5) is 16.5. The lowest BCUT2D eigenvalue weighted by Crippen LogP contribution is -2.31. The van der Waals surface area contributed by atoms with Gasteiger partial charge in [0.05, 0.1) is 9.40 Å². The van der Waals surface area contributed by atoms with E-state index in [1.165, 1.54) is 25.1 Å². The summed E-state index contributed by atoms with van der Waals surface area (Å²) in [7, 11) is 2.11. The Kier molecular flexibility index (Phi) is 4.13. The summed E-state index contributed by atoms with van der Waals surface area (Å²) in [5, 5.41) is 13.8. The molecule has 0 bridgehead atoms. The summed E-state index contributed by atoms with van der Waals surface area (Å²) in [6.07, 6.45) is 3.66. The molecule has 2 heterocycles. The van der Waals surface area contributed by atoms with Gasteiger partial charge in [-0.15, -0.1) is 0 Å². The van der Waals surface area contributed by atoms with E-state index in [1.807, 2.05) is 0 Å². The number of nitrogens with zero attached hydrogens (tertiary/aromatic N) is 3. The minimum absolute atomic E-state index is 0.00888. The molecule has 1 N–H and O–H groups in total. The molecule has 1 aliphatic heterocycles. The highest BCUT2D eigenvalue weighted by atomic mass is 79.9. The molecule has 18 heavy (non-hydrogen) atoms. The predicted octanol–water partition coefficient (Wildman–Crippen LogP) is 2.26. The number of halogens is 1. The van der Waals surface area contributed by atoms with Crippen LogP contribution < -0.4 is 5.32 Å². The summed E-state index contributed by atoms with van der Waals surface area (Å²) in [5.74, 6) is 0.654. The molecule has 1 atom stereocenters. The molecule has 1 aromatic heterocycles. The van der Waals surface area contributed by atoms with E-state index in [0.717, 1.165) is 13.1 Å². The number of rotatable bonds is 4. The van der Waals surface area contributed by atoms with E-state index in [-0.39, 0.29) is 5.69 Å². The molecule has 7 heteroatoms. The van der Waals surface area contributed by atoms with E-state index in [2.05, 4.69) is 38.2 Å². The quantitative estimate of drug-likeness (QED) is 0.681. The zero-order valence-corrected chi connectivity index (χ0v) is 11.7. The number of pyridine rings is 1. The highest BCUT2D eigenvalue weighted by molar-refractivity contribution is 9.10. The first-order valence-electron chi connectivity index (χ1n) is 5.82. The Morgan fingerprint density at radius 3 is 3.06 bits per heavy atom. The lowest BCUT2D eigenvalue weighted by atomic mass is 10.2. The molecular formula is C11H15BrN4O2. The summed E-state index contributed by atoms with van der Waals surface area (Å²) in [5.41, 5.74) is -0.00888. The van der Waals surface area contributed by atoms with E-state index >= 15 is 0 Å². The molecule has 1 saturated heterocycles. The predicted molar refractivity (Wildman–Crippen MR) is 72.7 cm³/mol. The fourth-order valence-electron chi connectivity index (χ4n) is 2.11. The monoisotopic (exact) mass is 314 g/mol. The van der Waals surface area contributed by atoms with Crippen molar-refractivity contribution in [2.24, 2.45) is 0 Å². The second-order valence-electron chi connectivity index (χ2n) is 4.44. The largest absolute Gasteiger partial charge is 0.368 e. The van der Waals surface area contributed by atoms with Crippen LogP contribution in [0.2, 0.25) is 0 Å². The smallest absolute Gasteiger partial charge is 0.288 e. The van der Waals surface area contributed by atoms with Gasteiger partial charge in [0.1, 0.15) is 12.0 Å². The summed E-state index contributed by atoms with van der Waals surface area (Å²) in [6.45, 7) is 1.93. The van der Waals surface area contributed by atoms with Crippen molar-refractivity contribution in [3.05, 3.63) is 26.9 Å². The van der Waals surface area contributed by atoms with Crippen LogP contribution in [-0.2, 0) is 0 Å². The number of likely N-dealkylation sites (N-methyl/N-ethyl adjacent to an activating group) is 1. The van der Waals surface area contributed by atoms with Gasteiger partial charge in [-0.2, -0.15) is 0 Å². The molecule has 0 spiro atoms. The fourth-order valence-corrected chi connectivity index (χ4v) is 2.59. The molecular weight excluding hydrogens is 300 g/mol. The maximum absolute atomic E-state index is 10.6. The molecule has 1 aromatic rings. The summed E-state index contributed by atoms with van der Waals surface area (Å²) >= 11 is 3.30. The van der Waals surface area contributed by atoms with Crippen LogP contribution in [0.5, 0.6) is 0 Å². The van der Waals surface area contributed by atoms with Crippen molar-refractivity contribution in [2.75, 3.05) is 25.5 Å². The molecule has 0 amide bonds. The van der Waals surface area contributed by atoms with E-state index in [4.69, 9.17) is 0 Å². The molecule has 1 fully saturated rings. The van der Waals surface area contributed by atoms with Crippen molar-refractivity contribution in [2.45, 2.75) is 18.9 Å². The second-order valence-corrected chi connectivity index (χ2v) is 5.29. The van der Waals surface area contributed by atoms with E-state index in [1.54, 1.807) is 0 Å². The van der Waals surface area contributed by atoms with Gasteiger partial charge in [0.25, 0.3) is 5.69 Å². The normalized spacial score (nSPS) is 20.0. The van der Waals surface area contributed by atoms with Crippen LogP contribution in [0.1, 0.15) is 12.8 Å². The number of likely N-dealkylation sites (tertiary alicyclic amines) is 1. The van der Waals surface area contributed by atoms with Gasteiger partial charge < -0.3 is 10.2 Å². The Hall–Kier alpha value is -1.21. The number of nitrogens with one attached hydrogen (secondary N) is 1. The Morgan fingerprint density at radius 2 is 2.50 bits per heavy atom. The van der Waals surface area contributed by atoms with Gasteiger partial charge in [-0.05, 0) is 42.4 Å². The Bertz CT molecular complexity index is 455. The van der Waals surface area contributed by atoms with Crippen molar-refractivity contribution in [1.82, 2.24) is 9.88 Å². The first-order chi connectivity index (χ1) is 8.58.